The Labute approximate surface area is 136 Å². The molecule has 0 saturated heterocycles. The second kappa shape index (κ2) is 6.04. The van der Waals surface area contributed by atoms with Crippen LogP contribution in [0.5, 0.6) is 5.75 Å². The quantitative estimate of drug-likeness (QED) is 0.746. The highest BCUT2D eigenvalue weighted by atomic mass is 79.9. The highest BCUT2D eigenvalue weighted by Crippen LogP contribution is 2.31. The third-order valence-corrected chi connectivity index (χ3v) is 3.78. The van der Waals surface area contributed by atoms with Crippen LogP contribution in [0, 0.1) is 11.3 Å². The molecule has 0 aliphatic carbocycles. The minimum absolute atomic E-state index is 0.487. The number of rotatable bonds is 3. The minimum atomic E-state index is 0.487. The number of nitriles is 1. The zero-order valence-electron chi connectivity index (χ0n) is 11.8. The number of methoxy groups -OCH3 is 1. The van der Waals surface area contributed by atoms with Crippen molar-refractivity contribution >= 4 is 38.2 Å². The van der Waals surface area contributed by atoms with Gasteiger partial charge in [-0.2, -0.15) is 5.26 Å². The largest absolute Gasteiger partial charge is 0.497 e. The molecule has 0 amide bonds. The molecule has 0 aliphatic heterocycles. The van der Waals surface area contributed by atoms with Crippen LogP contribution in [-0.2, 0) is 0 Å². The highest BCUT2D eigenvalue weighted by molar-refractivity contribution is 9.10. The Bertz CT molecular complexity index is 887. The van der Waals surface area contributed by atoms with E-state index in [0.717, 1.165) is 32.5 Å². The number of benzene rings is 2. The fourth-order valence-electron chi connectivity index (χ4n) is 2.23. The van der Waals surface area contributed by atoms with E-state index in [1.165, 1.54) is 0 Å². The van der Waals surface area contributed by atoms with E-state index in [1.54, 1.807) is 13.3 Å². The zero-order chi connectivity index (χ0) is 15.5. The fraction of sp³-hybridized carbons (Fsp3) is 0.0588. The average Bonchev–Trinajstić information content (AvgIpc) is 2.55. The fourth-order valence-corrected chi connectivity index (χ4v) is 2.63. The van der Waals surface area contributed by atoms with Crippen LogP contribution in [0.3, 0.4) is 0 Å². The third-order valence-electron chi connectivity index (χ3n) is 3.29. The number of hydrogen-bond acceptors (Lipinski definition) is 4. The van der Waals surface area contributed by atoms with E-state index < -0.39 is 0 Å². The van der Waals surface area contributed by atoms with Gasteiger partial charge in [-0.3, -0.25) is 4.98 Å². The Morgan fingerprint density at radius 3 is 2.82 bits per heavy atom. The summed E-state index contributed by atoms with van der Waals surface area (Å²) >= 11 is 3.45. The summed E-state index contributed by atoms with van der Waals surface area (Å²) < 4.78 is 6.24. The number of nitrogens with one attached hydrogen (secondary N) is 1. The van der Waals surface area contributed by atoms with E-state index in [4.69, 9.17) is 4.74 Å². The SMILES string of the molecule is COc1ccc2ncc(C#N)c(Nc3cccc(Br)c3)c2c1. The van der Waals surface area contributed by atoms with Crippen LogP contribution in [0.2, 0.25) is 0 Å². The van der Waals surface area contributed by atoms with Gasteiger partial charge in [0.1, 0.15) is 11.8 Å². The Hall–Kier alpha value is -2.58. The van der Waals surface area contributed by atoms with Gasteiger partial charge in [-0.25, -0.2) is 0 Å². The summed E-state index contributed by atoms with van der Waals surface area (Å²) in [6, 6.07) is 15.6. The van der Waals surface area contributed by atoms with E-state index in [2.05, 4.69) is 32.3 Å². The number of anilines is 2. The van der Waals surface area contributed by atoms with E-state index in [1.807, 2.05) is 42.5 Å². The molecule has 3 rings (SSSR count). The number of aromatic nitrogens is 1. The van der Waals surface area contributed by atoms with Crippen molar-refractivity contribution in [3.63, 3.8) is 0 Å². The predicted molar refractivity (Wildman–Crippen MR) is 90.4 cm³/mol. The molecular formula is C17H12BrN3O. The van der Waals surface area contributed by atoms with Crippen LogP contribution in [0.15, 0.2) is 53.1 Å². The Morgan fingerprint density at radius 1 is 1.23 bits per heavy atom. The standard InChI is InChI=1S/C17H12BrN3O/c1-22-14-5-6-16-15(8-14)17(11(9-19)10-20-16)21-13-4-2-3-12(18)7-13/h2-8,10H,1H3,(H,20,21). The van der Waals surface area contributed by atoms with Gasteiger partial charge in [0.05, 0.1) is 23.9 Å². The summed E-state index contributed by atoms with van der Waals surface area (Å²) in [6.45, 7) is 0. The number of fused-ring (bicyclic) bond motifs is 1. The molecule has 0 unspecified atom stereocenters. The van der Waals surface area contributed by atoms with Gasteiger partial charge < -0.3 is 10.1 Å². The van der Waals surface area contributed by atoms with Crippen LogP contribution in [0.25, 0.3) is 10.9 Å². The number of ether oxygens (including phenoxy) is 1. The monoisotopic (exact) mass is 353 g/mol. The van der Waals surface area contributed by atoms with Gasteiger partial charge >= 0.3 is 0 Å². The smallest absolute Gasteiger partial charge is 0.119 e. The molecule has 108 valence electrons. The second-order valence-electron chi connectivity index (χ2n) is 4.68. The van der Waals surface area contributed by atoms with Gasteiger partial charge in [0.2, 0.25) is 0 Å². The van der Waals surface area contributed by atoms with Crippen LogP contribution >= 0.6 is 15.9 Å². The zero-order valence-corrected chi connectivity index (χ0v) is 13.4. The molecule has 0 saturated carbocycles. The topological polar surface area (TPSA) is 57.9 Å². The summed E-state index contributed by atoms with van der Waals surface area (Å²) in [6.07, 6.45) is 1.58. The molecule has 1 heterocycles. The third kappa shape index (κ3) is 2.74. The van der Waals surface area contributed by atoms with Gasteiger partial charge in [0, 0.05) is 21.7 Å². The van der Waals surface area contributed by atoms with Gasteiger partial charge in [0.15, 0.2) is 0 Å². The first-order chi connectivity index (χ1) is 10.7. The molecule has 2 aromatic carbocycles. The van der Waals surface area contributed by atoms with Crippen molar-refractivity contribution in [2.75, 3.05) is 12.4 Å². The van der Waals surface area contributed by atoms with Crippen molar-refractivity contribution in [1.29, 1.82) is 5.26 Å². The van der Waals surface area contributed by atoms with Crippen LogP contribution < -0.4 is 10.1 Å². The maximum atomic E-state index is 9.37. The molecule has 0 fully saturated rings. The molecule has 5 heteroatoms. The lowest BCUT2D eigenvalue weighted by Crippen LogP contribution is -1.97. The molecular weight excluding hydrogens is 342 g/mol. The summed E-state index contributed by atoms with van der Waals surface area (Å²) in [5.41, 5.74) is 2.91. The van der Waals surface area contributed by atoms with Crippen molar-refractivity contribution in [2.45, 2.75) is 0 Å². The van der Waals surface area contributed by atoms with E-state index in [0.29, 0.717) is 5.56 Å². The van der Waals surface area contributed by atoms with Crippen molar-refractivity contribution in [3.05, 3.63) is 58.7 Å². The molecule has 4 nitrogen and oxygen atoms in total. The van der Waals surface area contributed by atoms with Crippen LogP contribution in [0.1, 0.15) is 5.56 Å². The van der Waals surface area contributed by atoms with Crippen molar-refractivity contribution in [2.24, 2.45) is 0 Å². The number of nitrogens with zero attached hydrogens (tertiary/aromatic N) is 2. The Balaban J connectivity index is 2.19. The molecule has 1 N–H and O–H groups in total. The van der Waals surface area contributed by atoms with Crippen molar-refractivity contribution < 1.29 is 4.74 Å². The van der Waals surface area contributed by atoms with E-state index in [9.17, 15) is 5.26 Å². The first-order valence-electron chi connectivity index (χ1n) is 6.60. The Morgan fingerprint density at radius 2 is 2.09 bits per heavy atom. The van der Waals surface area contributed by atoms with Crippen molar-refractivity contribution in [1.82, 2.24) is 4.98 Å². The van der Waals surface area contributed by atoms with Gasteiger partial charge in [-0.15, -0.1) is 0 Å². The summed E-state index contributed by atoms with van der Waals surface area (Å²) in [5.74, 6) is 0.724. The second-order valence-corrected chi connectivity index (χ2v) is 5.59. The molecule has 0 atom stereocenters. The normalized spacial score (nSPS) is 10.2. The van der Waals surface area contributed by atoms with Gasteiger partial charge in [-0.05, 0) is 36.4 Å². The summed E-state index contributed by atoms with van der Waals surface area (Å²) in [4.78, 5) is 4.32. The lowest BCUT2D eigenvalue weighted by atomic mass is 10.1. The molecule has 3 aromatic rings. The maximum Gasteiger partial charge on any atom is 0.119 e. The minimum Gasteiger partial charge on any atom is -0.497 e. The highest BCUT2D eigenvalue weighted by Gasteiger charge is 2.10. The van der Waals surface area contributed by atoms with Gasteiger partial charge in [-0.1, -0.05) is 22.0 Å². The van der Waals surface area contributed by atoms with E-state index >= 15 is 0 Å². The predicted octanol–water partition coefficient (Wildman–Crippen LogP) is 4.62. The Kier molecular flexibility index (Phi) is 3.94. The lowest BCUT2D eigenvalue weighted by molar-refractivity contribution is 0.415. The van der Waals surface area contributed by atoms with Crippen LogP contribution in [-0.4, -0.2) is 12.1 Å². The average molecular weight is 354 g/mol. The first kappa shape index (κ1) is 14.4. The summed E-state index contributed by atoms with van der Waals surface area (Å²) in [5, 5.41) is 13.5. The van der Waals surface area contributed by atoms with Crippen molar-refractivity contribution in [3.8, 4) is 11.8 Å². The molecule has 0 bridgehead atoms. The number of pyridine rings is 1. The molecule has 0 spiro atoms. The number of halogens is 1. The summed E-state index contributed by atoms with van der Waals surface area (Å²) in [7, 11) is 1.62. The number of hydrogen-bond donors (Lipinski definition) is 1. The molecule has 0 aliphatic rings. The van der Waals surface area contributed by atoms with E-state index in [-0.39, 0.29) is 0 Å². The first-order valence-corrected chi connectivity index (χ1v) is 7.40. The molecule has 22 heavy (non-hydrogen) atoms. The van der Waals surface area contributed by atoms with Crippen LogP contribution in [0.4, 0.5) is 11.4 Å². The molecule has 1 aromatic heterocycles. The maximum absolute atomic E-state index is 9.37. The van der Waals surface area contributed by atoms with Gasteiger partial charge in [0.25, 0.3) is 0 Å². The lowest BCUT2D eigenvalue weighted by Gasteiger charge is -2.12. The molecule has 0 radical (unpaired) electrons.